The fourth-order valence-electron chi connectivity index (χ4n) is 2.48. The van der Waals surface area contributed by atoms with Crippen LogP contribution in [0, 0.1) is 5.82 Å². The molecule has 0 amide bonds. The fourth-order valence-corrected chi connectivity index (χ4v) is 4.35. The van der Waals surface area contributed by atoms with Crippen molar-refractivity contribution in [3.63, 3.8) is 0 Å². The van der Waals surface area contributed by atoms with Gasteiger partial charge >= 0.3 is 5.97 Å². The first kappa shape index (κ1) is 18.8. The second-order valence-corrected chi connectivity index (χ2v) is 6.64. The molecule has 1 fully saturated rings. The van der Waals surface area contributed by atoms with E-state index in [1.807, 2.05) is 0 Å². The molecule has 22 heavy (non-hydrogen) atoms. The largest absolute Gasteiger partial charge is 0.465 e. The number of esters is 1. The van der Waals surface area contributed by atoms with E-state index in [-0.39, 0.29) is 35.5 Å². The van der Waals surface area contributed by atoms with Gasteiger partial charge in [-0.2, -0.15) is 4.31 Å². The molecule has 0 saturated carbocycles. The topological polar surface area (TPSA) is 89.7 Å². The summed E-state index contributed by atoms with van der Waals surface area (Å²) in [5, 5.41) is 0. The molecule has 6 nitrogen and oxygen atoms in total. The summed E-state index contributed by atoms with van der Waals surface area (Å²) in [5.41, 5.74) is 5.28. The van der Waals surface area contributed by atoms with Gasteiger partial charge in [-0.1, -0.05) is 0 Å². The van der Waals surface area contributed by atoms with Crippen LogP contribution in [0.4, 0.5) is 4.39 Å². The maximum Gasteiger partial charge on any atom is 0.339 e. The number of nitrogens with zero attached hydrogens (tertiary/aromatic N) is 1. The summed E-state index contributed by atoms with van der Waals surface area (Å²) in [6.45, 7) is 0.538. The summed E-state index contributed by atoms with van der Waals surface area (Å²) < 4.78 is 44.5. The minimum absolute atomic E-state index is 0. The van der Waals surface area contributed by atoms with Gasteiger partial charge in [-0.05, 0) is 31.0 Å². The summed E-state index contributed by atoms with van der Waals surface area (Å²) in [4.78, 5) is 11.4. The van der Waals surface area contributed by atoms with Crippen LogP contribution in [0.3, 0.4) is 0 Å². The molecule has 0 radical (unpaired) electrons. The van der Waals surface area contributed by atoms with Gasteiger partial charge in [0.15, 0.2) is 0 Å². The molecule has 0 bridgehead atoms. The molecule has 124 valence electrons. The molecule has 0 aromatic heterocycles. The number of hydrogen-bond acceptors (Lipinski definition) is 5. The predicted molar refractivity (Wildman–Crippen MR) is 81.0 cm³/mol. The third-order valence-electron chi connectivity index (χ3n) is 3.53. The maximum absolute atomic E-state index is 13.3. The smallest absolute Gasteiger partial charge is 0.339 e. The van der Waals surface area contributed by atoms with Gasteiger partial charge < -0.3 is 10.5 Å². The summed E-state index contributed by atoms with van der Waals surface area (Å²) in [7, 11) is -2.80. The van der Waals surface area contributed by atoms with Gasteiger partial charge in [-0.25, -0.2) is 17.6 Å². The molecule has 9 heteroatoms. The van der Waals surface area contributed by atoms with E-state index in [1.165, 1.54) is 4.31 Å². The number of ether oxygens (including phenoxy) is 1. The molecular weight excluding hydrogens is 335 g/mol. The number of carbonyl (C=O) groups excluding carboxylic acids is 1. The molecule has 1 aromatic rings. The fraction of sp³-hybridized carbons (Fsp3) is 0.462. The number of carbonyl (C=O) groups is 1. The number of rotatable bonds is 4. The van der Waals surface area contributed by atoms with E-state index in [2.05, 4.69) is 4.74 Å². The number of hydrogen-bond donors (Lipinski definition) is 1. The van der Waals surface area contributed by atoms with Crippen molar-refractivity contribution in [1.82, 2.24) is 4.31 Å². The molecule has 1 unspecified atom stereocenters. The maximum atomic E-state index is 13.3. The van der Waals surface area contributed by atoms with Crippen LogP contribution < -0.4 is 5.73 Å². The summed E-state index contributed by atoms with van der Waals surface area (Å²) in [6, 6.07) is 2.66. The van der Waals surface area contributed by atoms with Crippen LogP contribution in [0.5, 0.6) is 0 Å². The van der Waals surface area contributed by atoms with Crippen LogP contribution in [0.25, 0.3) is 0 Å². The summed E-state index contributed by atoms with van der Waals surface area (Å²) in [5.74, 6) is -1.59. The number of sulfonamides is 1. The molecule has 1 atom stereocenters. The zero-order valence-electron chi connectivity index (χ0n) is 12.0. The van der Waals surface area contributed by atoms with Crippen LogP contribution in [0.15, 0.2) is 23.1 Å². The molecule has 1 aliphatic heterocycles. The first-order valence-corrected chi connectivity index (χ1v) is 7.95. The monoisotopic (exact) mass is 352 g/mol. The first-order chi connectivity index (χ1) is 9.91. The van der Waals surface area contributed by atoms with E-state index in [4.69, 9.17) is 5.73 Å². The molecule has 1 aromatic carbocycles. The molecule has 1 saturated heterocycles. The SMILES string of the molecule is COC(=O)c1cc(F)ccc1S(=O)(=O)N1CCCC1CN.Cl. The van der Waals surface area contributed by atoms with Gasteiger partial charge in [-0.15, -0.1) is 12.4 Å². The van der Waals surface area contributed by atoms with Crippen molar-refractivity contribution in [2.24, 2.45) is 5.73 Å². The van der Waals surface area contributed by atoms with Crippen LogP contribution >= 0.6 is 12.4 Å². The van der Waals surface area contributed by atoms with Gasteiger partial charge in [0, 0.05) is 19.1 Å². The lowest BCUT2D eigenvalue weighted by Gasteiger charge is -2.23. The lowest BCUT2D eigenvalue weighted by Crippen LogP contribution is -2.40. The second-order valence-electron chi connectivity index (χ2n) is 4.78. The molecule has 1 aliphatic rings. The summed E-state index contributed by atoms with van der Waals surface area (Å²) in [6.07, 6.45) is 1.38. The van der Waals surface area contributed by atoms with Gasteiger partial charge in [0.1, 0.15) is 5.82 Å². The molecular formula is C13H18ClFN2O4S. The minimum Gasteiger partial charge on any atom is -0.465 e. The van der Waals surface area contributed by atoms with Crippen molar-refractivity contribution >= 4 is 28.4 Å². The van der Waals surface area contributed by atoms with Crippen molar-refractivity contribution in [3.8, 4) is 0 Å². The Morgan fingerprint density at radius 3 is 2.77 bits per heavy atom. The van der Waals surface area contributed by atoms with E-state index in [0.29, 0.717) is 19.4 Å². The summed E-state index contributed by atoms with van der Waals surface area (Å²) >= 11 is 0. The highest BCUT2D eigenvalue weighted by Crippen LogP contribution is 2.28. The van der Waals surface area contributed by atoms with Crippen LogP contribution in [0.1, 0.15) is 23.2 Å². The van der Waals surface area contributed by atoms with Crippen molar-refractivity contribution in [2.75, 3.05) is 20.2 Å². The van der Waals surface area contributed by atoms with E-state index in [0.717, 1.165) is 25.3 Å². The zero-order valence-corrected chi connectivity index (χ0v) is 13.6. The Morgan fingerprint density at radius 2 is 2.18 bits per heavy atom. The van der Waals surface area contributed by atoms with Crippen molar-refractivity contribution in [3.05, 3.63) is 29.6 Å². The van der Waals surface area contributed by atoms with Gasteiger partial charge in [0.2, 0.25) is 10.0 Å². The minimum atomic E-state index is -3.92. The van der Waals surface area contributed by atoms with E-state index < -0.39 is 21.8 Å². The molecule has 1 heterocycles. The number of benzene rings is 1. The van der Waals surface area contributed by atoms with Gasteiger partial charge in [0.25, 0.3) is 0 Å². The highest BCUT2D eigenvalue weighted by molar-refractivity contribution is 7.89. The normalized spacial score (nSPS) is 18.8. The third kappa shape index (κ3) is 3.40. The van der Waals surface area contributed by atoms with Crippen molar-refractivity contribution < 1.29 is 22.3 Å². The Kier molecular flexibility index (Phi) is 6.30. The molecule has 2 N–H and O–H groups in total. The average Bonchev–Trinajstić information content (AvgIpc) is 2.95. The van der Waals surface area contributed by atoms with Gasteiger partial charge in [0.05, 0.1) is 17.6 Å². The number of halogens is 2. The van der Waals surface area contributed by atoms with E-state index >= 15 is 0 Å². The van der Waals surface area contributed by atoms with Crippen LogP contribution in [0.2, 0.25) is 0 Å². The Morgan fingerprint density at radius 1 is 1.50 bits per heavy atom. The molecule has 2 rings (SSSR count). The van der Waals surface area contributed by atoms with Crippen molar-refractivity contribution in [1.29, 1.82) is 0 Å². The van der Waals surface area contributed by atoms with Gasteiger partial charge in [-0.3, -0.25) is 0 Å². The van der Waals surface area contributed by atoms with E-state index in [9.17, 15) is 17.6 Å². The second kappa shape index (κ2) is 7.36. The Hall–Kier alpha value is -1.22. The Bertz CT molecular complexity index is 653. The average molecular weight is 353 g/mol. The quantitative estimate of drug-likeness (QED) is 0.821. The molecule has 0 spiro atoms. The van der Waals surface area contributed by atoms with Crippen LogP contribution in [-0.4, -0.2) is 44.9 Å². The number of nitrogens with two attached hydrogens (primary N) is 1. The first-order valence-electron chi connectivity index (χ1n) is 6.51. The third-order valence-corrected chi connectivity index (χ3v) is 5.54. The predicted octanol–water partition coefficient (Wildman–Crippen LogP) is 1.15. The lowest BCUT2D eigenvalue weighted by atomic mass is 10.2. The number of methoxy groups -OCH3 is 1. The zero-order chi connectivity index (χ0) is 15.6. The highest BCUT2D eigenvalue weighted by Gasteiger charge is 2.36. The molecule has 0 aliphatic carbocycles. The Balaban J connectivity index is 0.00000242. The van der Waals surface area contributed by atoms with E-state index in [1.54, 1.807) is 0 Å². The van der Waals surface area contributed by atoms with Crippen molar-refractivity contribution in [2.45, 2.75) is 23.8 Å². The highest BCUT2D eigenvalue weighted by atomic mass is 35.5. The standard InChI is InChI=1S/C13H17FN2O4S.ClH/c1-20-13(17)11-7-9(14)4-5-12(11)21(18,19)16-6-2-3-10(16)8-15;/h4-5,7,10H,2-3,6,8,15H2,1H3;1H. The lowest BCUT2D eigenvalue weighted by molar-refractivity contribution is 0.0595. The van der Waals surface area contributed by atoms with Crippen LogP contribution in [-0.2, 0) is 14.8 Å². The Labute approximate surface area is 134 Å².